The first-order valence-corrected chi connectivity index (χ1v) is 10.8. The lowest BCUT2D eigenvalue weighted by Crippen LogP contribution is -2.50. The third-order valence-electron chi connectivity index (χ3n) is 4.99. The van der Waals surface area contributed by atoms with Gasteiger partial charge in [-0.25, -0.2) is 0 Å². The fourth-order valence-electron chi connectivity index (χ4n) is 3.29. The zero-order valence-electron chi connectivity index (χ0n) is 17.4. The number of carbonyl (C=O) groups is 2. The van der Waals surface area contributed by atoms with Crippen LogP contribution >= 0.6 is 15.9 Å². The number of anilines is 3. The van der Waals surface area contributed by atoms with Crippen molar-refractivity contribution in [3.63, 3.8) is 0 Å². The molecular formula is C22H28BrN5O2. The molecule has 1 aliphatic rings. The zero-order chi connectivity index (χ0) is 21.5. The second-order valence-corrected chi connectivity index (χ2v) is 8.51. The van der Waals surface area contributed by atoms with Crippen LogP contribution in [0.5, 0.6) is 0 Å². The second kappa shape index (κ2) is 10.6. The highest BCUT2D eigenvalue weighted by Gasteiger charge is 2.20. The maximum Gasteiger partial charge on any atom is 0.238 e. The molecule has 30 heavy (non-hydrogen) atoms. The number of carbonyl (C=O) groups excluding carboxylic acids is 2. The summed E-state index contributed by atoms with van der Waals surface area (Å²) in [6.45, 7) is 3.76. The normalized spacial score (nSPS) is 14.9. The highest BCUT2D eigenvalue weighted by molar-refractivity contribution is 9.10. The Hall–Kier alpha value is -2.42. The van der Waals surface area contributed by atoms with Gasteiger partial charge in [-0.3, -0.25) is 19.4 Å². The van der Waals surface area contributed by atoms with Crippen LogP contribution in [0, 0.1) is 0 Å². The molecule has 0 radical (unpaired) electrons. The quantitative estimate of drug-likeness (QED) is 0.646. The Balaban J connectivity index is 1.38. The predicted molar refractivity (Wildman–Crippen MR) is 125 cm³/mol. The molecule has 1 saturated heterocycles. The molecular weight excluding hydrogens is 446 g/mol. The Labute approximate surface area is 186 Å². The Morgan fingerprint density at radius 2 is 1.20 bits per heavy atom. The number of nitrogens with zero attached hydrogens (tertiary/aromatic N) is 3. The van der Waals surface area contributed by atoms with Gasteiger partial charge in [-0.2, -0.15) is 0 Å². The summed E-state index contributed by atoms with van der Waals surface area (Å²) in [6.07, 6.45) is 0. The number of hydrogen-bond donors (Lipinski definition) is 2. The Morgan fingerprint density at radius 3 is 1.60 bits per heavy atom. The van der Waals surface area contributed by atoms with E-state index >= 15 is 0 Å². The Morgan fingerprint density at radius 1 is 0.800 bits per heavy atom. The first-order chi connectivity index (χ1) is 14.4. The molecule has 0 saturated carbocycles. The van der Waals surface area contributed by atoms with Crippen molar-refractivity contribution in [1.29, 1.82) is 0 Å². The van der Waals surface area contributed by atoms with Gasteiger partial charge >= 0.3 is 0 Å². The van der Waals surface area contributed by atoms with E-state index < -0.39 is 0 Å². The standard InChI is InChI=1S/C22H28BrN5O2/c1-26(2)20-9-7-19(8-10-20)25-22(30)16-28-13-11-27(12-14-28)15-21(29)24-18-5-3-17(23)4-6-18/h3-10H,11-16H2,1-2H3,(H,24,29)(H,25,30). The van der Waals surface area contributed by atoms with E-state index in [-0.39, 0.29) is 11.8 Å². The van der Waals surface area contributed by atoms with Crippen LogP contribution in [0.15, 0.2) is 53.0 Å². The maximum absolute atomic E-state index is 12.3. The summed E-state index contributed by atoms with van der Waals surface area (Å²) in [5.41, 5.74) is 2.68. The number of amides is 2. The van der Waals surface area contributed by atoms with Crippen LogP contribution in [0.1, 0.15) is 0 Å². The third kappa shape index (κ3) is 6.83. The van der Waals surface area contributed by atoms with Crippen molar-refractivity contribution in [2.45, 2.75) is 0 Å². The maximum atomic E-state index is 12.3. The van der Waals surface area contributed by atoms with Crippen LogP contribution in [0.2, 0.25) is 0 Å². The van der Waals surface area contributed by atoms with Crippen molar-refractivity contribution in [2.75, 3.05) is 68.9 Å². The lowest BCUT2D eigenvalue weighted by atomic mass is 10.2. The zero-order valence-corrected chi connectivity index (χ0v) is 19.0. The van der Waals surface area contributed by atoms with Gasteiger partial charge in [0, 0.05) is 61.8 Å². The average molecular weight is 474 g/mol. The summed E-state index contributed by atoms with van der Waals surface area (Å²) in [5, 5.41) is 5.87. The molecule has 8 heteroatoms. The third-order valence-corrected chi connectivity index (χ3v) is 5.52. The van der Waals surface area contributed by atoms with E-state index in [0.717, 1.165) is 47.7 Å². The van der Waals surface area contributed by atoms with Gasteiger partial charge in [-0.05, 0) is 48.5 Å². The van der Waals surface area contributed by atoms with Crippen LogP contribution in [0.3, 0.4) is 0 Å². The smallest absolute Gasteiger partial charge is 0.238 e. The molecule has 2 amide bonds. The Bertz CT molecular complexity index is 847. The highest BCUT2D eigenvalue weighted by Crippen LogP contribution is 2.16. The van der Waals surface area contributed by atoms with E-state index in [1.54, 1.807) is 0 Å². The molecule has 7 nitrogen and oxygen atoms in total. The molecule has 0 spiro atoms. The molecule has 1 fully saturated rings. The summed E-state index contributed by atoms with van der Waals surface area (Å²) < 4.78 is 0.978. The molecule has 1 aliphatic heterocycles. The van der Waals surface area contributed by atoms with Crippen LogP contribution < -0.4 is 15.5 Å². The van der Waals surface area contributed by atoms with Gasteiger partial charge in [0.15, 0.2) is 0 Å². The largest absolute Gasteiger partial charge is 0.378 e. The van der Waals surface area contributed by atoms with Crippen LogP contribution in [0.25, 0.3) is 0 Å². The van der Waals surface area contributed by atoms with Gasteiger partial charge in [-0.1, -0.05) is 15.9 Å². The van der Waals surface area contributed by atoms with Crippen molar-refractivity contribution in [3.05, 3.63) is 53.0 Å². The fraction of sp³-hybridized carbons (Fsp3) is 0.364. The molecule has 2 N–H and O–H groups in total. The first-order valence-electron chi connectivity index (χ1n) is 9.96. The molecule has 0 aromatic heterocycles. The number of halogens is 1. The molecule has 1 heterocycles. The van der Waals surface area contributed by atoms with Gasteiger partial charge in [0.2, 0.25) is 11.8 Å². The van der Waals surface area contributed by atoms with Gasteiger partial charge in [-0.15, -0.1) is 0 Å². The second-order valence-electron chi connectivity index (χ2n) is 7.60. The van der Waals surface area contributed by atoms with E-state index in [1.165, 1.54) is 0 Å². The van der Waals surface area contributed by atoms with E-state index in [9.17, 15) is 9.59 Å². The average Bonchev–Trinajstić information content (AvgIpc) is 2.71. The number of piperazine rings is 1. The minimum Gasteiger partial charge on any atom is -0.378 e. The first kappa shape index (κ1) is 22.3. The minimum absolute atomic E-state index is 0.0194. The predicted octanol–water partition coefficient (Wildman–Crippen LogP) is 2.71. The molecule has 0 unspecified atom stereocenters. The van der Waals surface area contributed by atoms with Crippen LogP contribution in [-0.2, 0) is 9.59 Å². The number of nitrogens with one attached hydrogen (secondary N) is 2. The number of benzene rings is 2. The van der Waals surface area contributed by atoms with Crippen molar-refractivity contribution in [2.24, 2.45) is 0 Å². The molecule has 2 aromatic rings. The summed E-state index contributed by atoms with van der Waals surface area (Å²) in [5.74, 6) is -0.0429. The van der Waals surface area contributed by atoms with Gasteiger partial charge in [0.05, 0.1) is 13.1 Å². The van der Waals surface area contributed by atoms with Crippen LogP contribution in [0.4, 0.5) is 17.1 Å². The Kier molecular flexibility index (Phi) is 7.84. The summed E-state index contributed by atoms with van der Waals surface area (Å²) >= 11 is 3.38. The van der Waals surface area contributed by atoms with E-state index in [2.05, 4.69) is 36.4 Å². The van der Waals surface area contributed by atoms with Crippen LogP contribution in [-0.4, -0.2) is 75.0 Å². The van der Waals surface area contributed by atoms with Gasteiger partial charge in [0.25, 0.3) is 0 Å². The minimum atomic E-state index is -0.0234. The molecule has 2 aromatic carbocycles. The molecule has 0 bridgehead atoms. The summed E-state index contributed by atoms with van der Waals surface area (Å²) in [7, 11) is 3.97. The van der Waals surface area contributed by atoms with Crippen molar-refractivity contribution < 1.29 is 9.59 Å². The van der Waals surface area contributed by atoms with Crippen molar-refractivity contribution >= 4 is 44.8 Å². The molecule has 3 rings (SSSR count). The van der Waals surface area contributed by atoms with Gasteiger partial charge < -0.3 is 15.5 Å². The summed E-state index contributed by atoms with van der Waals surface area (Å²) in [6, 6.07) is 15.3. The van der Waals surface area contributed by atoms with E-state index in [0.29, 0.717) is 13.1 Å². The molecule has 0 aliphatic carbocycles. The van der Waals surface area contributed by atoms with Crippen molar-refractivity contribution in [3.8, 4) is 0 Å². The lowest BCUT2D eigenvalue weighted by Gasteiger charge is -2.33. The molecule has 160 valence electrons. The van der Waals surface area contributed by atoms with E-state index in [1.807, 2.05) is 67.5 Å². The number of rotatable bonds is 7. The number of hydrogen-bond acceptors (Lipinski definition) is 5. The van der Waals surface area contributed by atoms with Gasteiger partial charge in [0.1, 0.15) is 0 Å². The lowest BCUT2D eigenvalue weighted by molar-refractivity contribution is -0.120. The SMILES string of the molecule is CN(C)c1ccc(NC(=O)CN2CCN(CC(=O)Nc3ccc(Br)cc3)CC2)cc1. The fourth-order valence-corrected chi connectivity index (χ4v) is 3.55. The monoisotopic (exact) mass is 473 g/mol. The topological polar surface area (TPSA) is 67.9 Å². The summed E-state index contributed by atoms with van der Waals surface area (Å²) in [4.78, 5) is 30.8. The highest BCUT2D eigenvalue weighted by atomic mass is 79.9. The van der Waals surface area contributed by atoms with Crippen molar-refractivity contribution in [1.82, 2.24) is 9.80 Å². The van der Waals surface area contributed by atoms with E-state index in [4.69, 9.17) is 0 Å². The molecule has 0 atom stereocenters.